The fourth-order valence-corrected chi connectivity index (χ4v) is 3.55. The van der Waals surface area contributed by atoms with Gasteiger partial charge in [-0.2, -0.15) is 0 Å². The largest absolute Gasteiger partial charge is 0.286 e. The molecule has 2 aromatic carbocycles. The van der Waals surface area contributed by atoms with Crippen LogP contribution in [0.5, 0.6) is 0 Å². The predicted molar refractivity (Wildman–Crippen MR) is 107 cm³/mol. The molecule has 4 heteroatoms. The highest BCUT2D eigenvalue weighted by Crippen LogP contribution is 2.34. The molecule has 0 aliphatic carbocycles. The summed E-state index contributed by atoms with van der Waals surface area (Å²) in [4.78, 5) is 20.1. The lowest BCUT2D eigenvalue weighted by Crippen LogP contribution is -2.32. The van der Waals surface area contributed by atoms with E-state index in [2.05, 4.69) is 32.9 Å². The van der Waals surface area contributed by atoms with Crippen LogP contribution in [0.25, 0.3) is 6.08 Å². The van der Waals surface area contributed by atoms with E-state index in [1.165, 1.54) is 17.3 Å². The minimum absolute atomic E-state index is 0.0361. The van der Waals surface area contributed by atoms with Crippen LogP contribution in [0.4, 0.5) is 5.69 Å². The van der Waals surface area contributed by atoms with Crippen LogP contribution >= 0.6 is 11.8 Å². The van der Waals surface area contributed by atoms with Gasteiger partial charge in [0.05, 0.1) is 10.6 Å². The molecular weight excluding hydrogens is 328 g/mol. The van der Waals surface area contributed by atoms with Crippen LogP contribution in [0.2, 0.25) is 0 Å². The van der Waals surface area contributed by atoms with E-state index in [-0.39, 0.29) is 5.91 Å². The number of amides is 1. The zero-order valence-electron chi connectivity index (χ0n) is 14.8. The third-order valence-corrected chi connectivity index (χ3v) is 4.80. The lowest BCUT2D eigenvalue weighted by atomic mass is 10.1. The molecule has 0 aromatic heterocycles. The van der Waals surface area contributed by atoms with Crippen molar-refractivity contribution in [1.29, 1.82) is 0 Å². The van der Waals surface area contributed by atoms with Gasteiger partial charge >= 0.3 is 0 Å². The fraction of sp³-hybridized carbons (Fsp3) is 0.238. The number of thioether (sulfide) groups is 1. The Balaban J connectivity index is 1.93. The van der Waals surface area contributed by atoms with Gasteiger partial charge in [0.15, 0.2) is 5.17 Å². The Morgan fingerprint density at radius 1 is 1.08 bits per heavy atom. The highest BCUT2D eigenvalue weighted by Gasteiger charge is 2.33. The zero-order chi connectivity index (χ0) is 17.8. The van der Waals surface area contributed by atoms with E-state index in [4.69, 9.17) is 4.99 Å². The first-order chi connectivity index (χ1) is 12.0. The molecule has 1 fully saturated rings. The Kier molecular flexibility index (Phi) is 5.39. The van der Waals surface area contributed by atoms with Crippen LogP contribution in [-0.2, 0) is 4.79 Å². The minimum Gasteiger partial charge on any atom is -0.286 e. The predicted octanol–water partition coefficient (Wildman–Crippen LogP) is 5.26. The van der Waals surface area contributed by atoms with E-state index < -0.39 is 0 Å². The van der Waals surface area contributed by atoms with Crippen LogP contribution in [0.15, 0.2) is 64.5 Å². The number of aliphatic imine (C=N–C) groups is 1. The molecule has 1 heterocycles. The SMILES string of the molecule is Cc1ccc(/C=C2/SC(=Nc3ccccc3)N(CC(C)C)C2=O)cc1. The summed E-state index contributed by atoms with van der Waals surface area (Å²) in [6, 6.07) is 18.0. The van der Waals surface area contributed by atoms with Gasteiger partial charge in [0, 0.05) is 6.54 Å². The molecule has 0 N–H and O–H groups in total. The van der Waals surface area contributed by atoms with Gasteiger partial charge in [-0.05, 0) is 48.4 Å². The van der Waals surface area contributed by atoms with Crippen LogP contribution < -0.4 is 0 Å². The average Bonchev–Trinajstić information content (AvgIpc) is 2.86. The monoisotopic (exact) mass is 350 g/mol. The van der Waals surface area contributed by atoms with Crippen LogP contribution in [0, 0.1) is 12.8 Å². The lowest BCUT2D eigenvalue weighted by Gasteiger charge is -2.17. The van der Waals surface area contributed by atoms with Crippen LogP contribution in [0.3, 0.4) is 0 Å². The summed E-state index contributed by atoms with van der Waals surface area (Å²) in [5.41, 5.74) is 3.11. The number of nitrogens with zero attached hydrogens (tertiary/aromatic N) is 2. The summed E-state index contributed by atoms with van der Waals surface area (Å²) >= 11 is 1.45. The highest BCUT2D eigenvalue weighted by molar-refractivity contribution is 8.18. The van der Waals surface area contributed by atoms with Crippen molar-refractivity contribution in [3.05, 3.63) is 70.6 Å². The van der Waals surface area contributed by atoms with Crippen LogP contribution in [-0.4, -0.2) is 22.5 Å². The summed E-state index contributed by atoms with van der Waals surface area (Å²) in [6.07, 6.45) is 1.95. The van der Waals surface area contributed by atoms with Crippen molar-refractivity contribution < 1.29 is 4.79 Å². The van der Waals surface area contributed by atoms with Gasteiger partial charge in [-0.1, -0.05) is 61.9 Å². The van der Waals surface area contributed by atoms with Gasteiger partial charge in [0.2, 0.25) is 0 Å². The molecule has 0 saturated carbocycles. The van der Waals surface area contributed by atoms with Gasteiger partial charge in [0.25, 0.3) is 5.91 Å². The normalized spacial score (nSPS) is 17.9. The molecule has 128 valence electrons. The second-order valence-corrected chi connectivity index (χ2v) is 7.57. The van der Waals surface area contributed by atoms with Gasteiger partial charge in [-0.3, -0.25) is 9.69 Å². The molecule has 3 rings (SSSR count). The maximum Gasteiger partial charge on any atom is 0.266 e. The molecule has 1 amide bonds. The molecular formula is C21H22N2OS. The molecule has 0 radical (unpaired) electrons. The van der Waals surface area contributed by atoms with Crippen molar-refractivity contribution >= 4 is 34.6 Å². The maximum atomic E-state index is 12.9. The highest BCUT2D eigenvalue weighted by atomic mass is 32.2. The number of benzene rings is 2. The molecule has 1 saturated heterocycles. The summed E-state index contributed by atoms with van der Waals surface area (Å²) in [5, 5.41) is 0.753. The van der Waals surface area contributed by atoms with E-state index >= 15 is 0 Å². The first kappa shape index (κ1) is 17.5. The Morgan fingerprint density at radius 3 is 2.40 bits per heavy atom. The third-order valence-electron chi connectivity index (χ3n) is 3.79. The second kappa shape index (κ2) is 7.70. The summed E-state index contributed by atoms with van der Waals surface area (Å²) in [5.74, 6) is 0.415. The summed E-state index contributed by atoms with van der Waals surface area (Å²) in [6.45, 7) is 6.95. The van der Waals surface area contributed by atoms with Crippen molar-refractivity contribution in [1.82, 2.24) is 4.90 Å². The van der Waals surface area contributed by atoms with Gasteiger partial charge in [-0.15, -0.1) is 0 Å². The molecule has 0 bridgehead atoms. The Labute approximate surface area is 153 Å². The number of aryl methyl sites for hydroxylation is 1. The first-order valence-electron chi connectivity index (χ1n) is 8.45. The molecule has 2 aromatic rings. The van der Waals surface area contributed by atoms with Crippen LogP contribution in [0.1, 0.15) is 25.0 Å². The number of carbonyl (C=O) groups excluding carboxylic acids is 1. The smallest absolute Gasteiger partial charge is 0.266 e. The Bertz CT molecular complexity index is 808. The average molecular weight is 350 g/mol. The van der Waals surface area contributed by atoms with Crippen molar-refractivity contribution in [2.45, 2.75) is 20.8 Å². The molecule has 0 spiro atoms. The molecule has 0 unspecified atom stereocenters. The number of amidine groups is 1. The Morgan fingerprint density at radius 2 is 1.76 bits per heavy atom. The molecule has 0 atom stereocenters. The number of hydrogen-bond donors (Lipinski definition) is 0. The minimum atomic E-state index is 0.0361. The van der Waals surface area contributed by atoms with Crippen molar-refractivity contribution in [2.75, 3.05) is 6.54 Å². The third kappa shape index (κ3) is 4.40. The standard InChI is InChI=1S/C21H22N2OS/c1-15(2)14-23-20(24)19(13-17-11-9-16(3)10-12-17)25-21(23)22-18-7-5-4-6-8-18/h4-13,15H,14H2,1-3H3/b19-13+,22-21?. The molecule has 1 aliphatic rings. The summed E-state index contributed by atoms with van der Waals surface area (Å²) < 4.78 is 0. The van der Waals surface area contributed by atoms with Gasteiger partial charge in [0.1, 0.15) is 0 Å². The zero-order valence-corrected chi connectivity index (χ0v) is 15.6. The second-order valence-electron chi connectivity index (χ2n) is 6.56. The van der Waals surface area contributed by atoms with Crippen molar-refractivity contribution in [3.8, 4) is 0 Å². The van der Waals surface area contributed by atoms with E-state index in [0.717, 1.165) is 21.3 Å². The van der Waals surface area contributed by atoms with E-state index in [0.29, 0.717) is 12.5 Å². The van der Waals surface area contributed by atoms with Crippen molar-refractivity contribution in [2.24, 2.45) is 10.9 Å². The maximum absolute atomic E-state index is 12.9. The molecule has 1 aliphatic heterocycles. The fourth-order valence-electron chi connectivity index (χ4n) is 2.54. The van der Waals surface area contributed by atoms with Gasteiger partial charge in [-0.25, -0.2) is 4.99 Å². The van der Waals surface area contributed by atoms with E-state index in [1.807, 2.05) is 48.5 Å². The number of para-hydroxylation sites is 1. The first-order valence-corrected chi connectivity index (χ1v) is 9.26. The van der Waals surface area contributed by atoms with Crippen molar-refractivity contribution in [3.63, 3.8) is 0 Å². The van der Waals surface area contributed by atoms with Gasteiger partial charge < -0.3 is 0 Å². The number of rotatable bonds is 4. The number of carbonyl (C=O) groups is 1. The summed E-state index contributed by atoms with van der Waals surface area (Å²) in [7, 11) is 0. The number of hydrogen-bond acceptors (Lipinski definition) is 3. The topological polar surface area (TPSA) is 32.7 Å². The Hall–Kier alpha value is -2.33. The molecule has 3 nitrogen and oxygen atoms in total. The quantitative estimate of drug-likeness (QED) is 0.705. The van der Waals surface area contributed by atoms with E-state index in [1.54, 1.807) is 4.90 Å². The lowest BCUT2D eigenvalue weighted by molar-refractivity contribution is -0.122. The van der Waals surface area contributed by atoms with E-state index in [9.17, 15) is 4.79 Å². The molecule has 25 heavy (non-hydrogen) atoms.